The molecule has 128 valence electrons. The van der Waals surface area contributed by atoms with E-state index in [2.05, 4.69) is 5.32 Å². The summed E-state index contributed by atoms with van der Waals surface area (Å²) < 4.78 is 49.3. The van der Waals surface area contributed by atoms with Crippen LogP contribution in [0.2, 0.25) is 0 Å². The summed E-state index contributed by atoms with van der Waals surface area (Å²) in [6, 6.07) is 9.53. The summed E-state index contributed by atoms with van der Waals surface area (Å²) in [4.78, 5) is 11.6. The standard InChI is InChI=1S/C17H16F3NO3/c1-3-16(22)21-14-9-11(17(18,19)20)7-8-15(14)24-13-6-4-5-12(10-13)23-2/h4-10H,3H2,1-2H3,(H,21,22). The summed E-state index contributed by atoms with van der Waals surface area (Å²) in [7, 11) is 1.49. The van der Waals surface area contributed by atoms with Crippen LogP contribution in [0.3, 0.4) is 0 Å². The van der Waals surface area contributed by atoms with Crippen molar-refractivity contribution in [3.05, 3.63) is 48.0 Å². The number of hydrogen-bond acceptors (Lipinski definition) is 3. The molecule has 2 aromatic carbocycles. The van der Waals surface area contributed by atoms with E-state index in [1.54, 1.807) is 31.2 Å². The molecule has 0 saturated carbocycles. The van der Waals surface area contributed by atoms with Crippen LogP contribution < -0.4 is 14.8 Å². The zero-order valence-corrected chi connectivity index (χ0v) is 13.1. The lowest BCUT2D eigenvalue weighted by molar-refractivity contribution is -0.137. The summed E-state index contributed by atoms with van der Waals surface area (Å²) in [5, 5.41) is 2.43. The lowest BCUT2D eigenvalue weighted by Crippen LogP contribution is -2.12. The Morgan fingerprint density at radius 2 is 1.83 bits per heavy atom. The number of carbonyl (C=O) groups is 1. The largest absolute Gasteiger partial charge is 0.497 e. The van der Waals surface area contributed by atoms with E-state index in [1.807, 2.05) is 0 Å². The van der Waals surface area contributed by atoms with Gasteiger partial charge in [0.2, 0.25) is 5.91 Å². The molecule has 0 aliphatic heterocycles. The van der Waals surface area contributed by atoms with Crippen LogP contribution >= 0.6 is 0 Å². The third-order valence-corrected chi connectivity index (χ3v) is 3.17. The normalized spacial score (nSPS) is 11.0. The number of hydrogen-bond donors (Lipinski definition) is 1. The van der Waals surface area contributed by atoms with Gasteiger partial charge in [0.15, 0.2) is 5.75 Å². The van der Waals surface area contributed by atoms with Gasteiger partial charge in [0, 0.05) is 12.5 Å². The van der Waals surface area contributed by atoms with E-state index >= 15 is 0 Å². The minimum Gasteiger partial charge on any atom is -0.497 e. The number of benzene rings is 2. The second-order valence-electron chi connectivity index (χ2n) is 4.89. The van der Waals surface area contributed by atoms with E-state index in [0.717, 1.165) is 12.1 Å². The Morgan fingerprint density at radius 3 is 2.46 bits per heavy atom. The van der Waals surface area contributed by atoms with E-state index in [1.165, 1.54) is 13.2 Å². The molecule has 0 aliphatic rings. The number of nitrogens with one attached hydrogen (secondary N) is 1. The van der Waals surface area contributed by atoms with Gasteiger partial charge in [0.1, 0.15) is 11.5 Å². The monoisotopic (exact) mass is 339 g/mol. The molecule has 0 unspecified atom stereocenters. The molecule has 2 rings (SSSR count). The lowest BCUT2D eigenvalue weighted by Gasteiger charge is -2.15. The molecule has 0 atom stereocenters. The third kappa shape index (κ3) is 4.41. The van der Waals surface area contributed by atoms with E-state index in [-0.39, 0.29) is 17.9 Å². The summed E-state index contributed by atoms with van der Waals surface area (Å²) in [6.07, 6.45) is -4.38. The number of rotatable bonds is 5. The van der Waals surface area contributed by atoms with Crippen molar-refractivity contribution >= 4 is 11.6 Å². The van der Waals surface area contributed by atoms with Crippen molar-refractivity contribution in [2.45, 2.75) is 19.5 Å². The Morgan fingerprint density at radius 1 is 1.12 bits per heavy atom. The van der Waals surface area contributed by atoms with E-state index in [4.69, 9.17) is 9.47 Å². The van der Waals surface area contributed by atoms with Gasteiger partial charge in [-0.25, -0.2) is 0 Å². The predicted molar refractivity (Wildman–Crippen MR) is 83.4 cm³/mol. The van der Waals surface area contributed by atoms with Crippen molar-refractivity contribution in [2.75, 3.05) is 12.4 Å². The molecule has 0 bridgehead atoms. The first-order valence-corrected chi connectivity index (χ1v) is 7.16. The highest BCUT2D eigenvalue weighted by atomic mass is 19.4. The molecular weight excluding hydrogens is 323 g/mol. The second-order valence-corrected chi connectivity index (χ2v) is 4.89. The second kappa shape index (κ2) is 7.25. The third-order valence-electron chi connectivity index (χ3n) is 3.17. The molecule has 0 aromatic heterocycles. The average molecular weight is 339 g/mol. The summed E-state index contributed by atoms with van der Waals surface area (Å²) in [5.74, 6) is 0.613. The Kier molecular flexibility index (Phi) is 5.33. The van der Waals surface area contributed by atoms with Crippen LogP contribution in [0.4, 0.5) is 18.9 Å². The molecule has 1 N–H and O–H groups in total. The van der Waals surface area contributed by atoms with E-state index in [9.17, 15) is 18.0 Å². The maximum absolute atomic E-state index is 12.9. The van der Waals surface area contributed by atoms with E-state index in [0.29, 0.717) is 11.5 Å². The van der Waals surface area contributed by atoms with Crippen LogP contribution in [0.25, 0.3) is 0 Å². The van der Waals surface area contributed by atoms with Gasteiger partial charge in [0.05, 0.1) is 18.4 Å². The van der Waals surface area contributed by atoms with Gasteiger partial charge in [-0.3, -0.25) is 4.79 Å². The molecule has 4 nitrogen and oxygen atoms in total. The summed E-state index contributed by atoms with van der Waals surface area (Å²) in [6.45, 7) is 1.60. The van der Waals surface area contributed by atoms with Crippen LogP contribution in [0.1, 0.15) is 18.9 Å². The molecule has 0 aliphatic carbocycles. The fourth-order valence-electron chi connectivity index (χ4n) is 1.92. The Bertz CT molecular complexity index is 729. The number of anilines is 1. The topological polar surface area (TPSA) is 47.6 Å². The number of methoxy groups -OCH3 is 1. The molecule has 0 saturated heterocycles. The number of amides is 1. The van der Waals surface area contributed by atoms with E-state index < -0.39 is 17.6 Å². The highest BCUT2D eigenvalue weighted by Gasteiger charge is 2.31. The molecule has 0 fully saturated rings. The van der Waals surface area contributed by atoms with Gasteiger partial charge in [-0.15, -0.1) is 0 Å². The van der Waals surface area contributed by atoms with Crippen molar-refractivity contribution in [1.29, 1.82) is 0 Å². The van der Waals surface area contributed by atoms with Crippen molar-refractivity contribution in [2.24, 2.45) is 0 Å². The first kappa shape index (κ1) is 17.7. The molecule has 0 radical (unpaired) electrons. The van der Waals surface area contributed by atoms with Gasteiger partial charge in [-0.05, 0) is 30.3 Å². The number of alkyl halides is 3. The van der Waals surface area contributed by atoms with Gasteiger partial charge in [-0.2, -0.15) is 13.2 Å². The molecule has 2 aromatic rings. The Balaban J connectivity index is 2.38. The van der Waals surface area contributed by atoms with Crippen LogP contribution in [0.5, 0.6) is 17.2 Å². The lowest BCUT2D eigenvalue weighted by atomic mass is 10.1. The molecule has 24 heavy (non-hydrogen) atoms. The number of carbonyl (C=O) groups excluding carboxylic acids is 1. The van der Waals surface area contributed by atoms with Gasteiger partial charge < -0.3 is 14.8 Å². The molecule has 0 spiro atoms. The van der Waals surface area contributed by atoms with Gasteiger partial charge in [0.25, 0.3) is 0 Å². The maximum atomic E-state index is 12.9. The Hall–Kier alpha value is -2.70. The SMILES string of the molecule is CCC(=O)Nc1cc(C(F)(F)F)ccc1Oc1cccc(OC)c1. The van der Waals surface area contributed by atoms with Gasteiger partial charge in [-0.1, -0.05) is 13.0 Å². The zero-order chi connectivity index (χ0) is 17.7. The van der Waals surface area contributed by atoms with Crippen LogP contribution in [-0.4, -0.2) is 13.0 Å². The summed E-state index contributed by atoms with van der Waals surface area (Å²) in [5.41, 5.74) is -0.911. The zero-order valence-electron chi connectivity index (χ0n) is 13.1. The van der Waals surface area contributed by atoms with Crippen LogP contribution in [0, 0.1) is 0 Å². The first-order valence-electron chi connectivity index (χ1n) is 7.16. The quantitative estimate of drug-likeness (QED) is 0.847. The molecule has 7 heteroatoms. The van der Waals surface area contributed by atoms with Crippen molar-refractivity contribution in [1.82, 2.24) is 0 Å². The Labute approximate surface area is 137 Å². The number of halogens is 3. The minimum absolute atomic E-state index is 0.0421. The van der Waals surface area contributed by atoms with Gasteiger partial charge >= 0.3 is 6.18 Å². The predicted octanol–water partition coefficient (Wildman–Crippen LogP) is 4.85. The van der Waals surface area contributed by atoms with Crippen molar-refractivity contribution in [3.8, 4) is 17.2 Å². The fraction of sp³-hybridized carbons (Fsp3) is 0.235. The maximum Gasteiger partial charge on any atom is 0.416 e. The molecule has 0 heterocycles. The van der Waals surface area contributed by atoms with Crippen LogP contribution in [-0.2, 0) is 11.0 Å². The average Bonchev–Trinajstić information content (AvgIpc) is 2.55. The smallest absolute Gasteiger partial charge is 0.416 e. The number of ether oxygens (including phenoxy) is 2. The van der Waals surface area contributed by atoms with Crippen molar-refractivity contribution in [3.63, 3.8) is 0 Å². The van der Waals surface area contributed by atoms with Crippen molar-refractivity contribution < 1.29 is 27.4 Å². The summed E-state index contributed by atoms with van der Waals surface area (Å²) >= 11 is 0. The highest BCUT2D eigenvalue weighted by Crippen LogP contribution is 2.37. The van der Waals surface area contributed by atoms with Crippen LogP contribution in [0.15, 0.2) is 42.5 Å². The molecule has 1 amide bonds. The highest BCUT2D eigenvalue weighted by molar-refractivity contribution is 5.92. The fourth-order valence-corrected chi connectivity index (χ4v) is 1.92. The first-order chi connectivity index (χ1) is 11.3. The minimum atomic E-state index is -4.51. The molecular formula is C17H16F3NO3.